The topological polar surface area (TPSA) is 21.3 Å². The van der Waals surface area contributed by atoms with Crippen LogP contribution in [0.25, 0.3) is 0 Å². The van der Waals surface area contributed by atoms with E-state index in [1.54, 1.807) is 7.11 Å². The molecule has 0 radical (unpaired) electrons. The third-order valence-corrected chi connectivity index (χ3v) is 4.80. The van der Waals surface area contributed by atoms with Gasteiger partial charge in [-0.05, 0) is 49.9 Å². The minimum Gasteiger partial charge on any atom is -0.496 e. The van der Waals surface area contributed by atoms with Gasteiger partial charge in [0.25, 0.3) is 0 Å². The van der Waals surface area contributed by atoms with Gasteiger partial charge in [-0.25, -0.2) is 0 Å². The summed E-state index contributed by atoms with van der Waals surface area (Å²) in [7, 11) is 1.78. The van der Waals surface area contributed by atoms with Gasteiger partial charge in [-0.15, -0.1) is 0 Å². The van der Waals surface area contributed by atoms with Crippen LogP contribution < -0.4 is 10.1 Å². The Balaban J connectivity index is 2.42. The second-order valence-corrected chi connectivity index (χ2v) is 6.39. The summed E-state index contributed by atoms with van der Waals surface area (Å²) in [5.74, 6) is 1.94. The molecule has 1 N–H and O–H groups in total. The van der Waals surface area contributed by atoms with Gasteiger partial charge >= 0.3 is 0 Å². The Hall–Kier alpha value is -0.540. The number of halogens is 1. The second kappa shape index (κ2) is 6.27. The number of rotatable bonds is 6. The molecule has 1 unspecified atom stereocenters. The van der Waals surface area contributed by atoms with Gasteiger partial charge in [-0.2, -0.15) is 0 Å². The van der Waals surface area contributed by atoms with E-state index >= 15 is 0 Å². The molecule has 106 valence electrons. The molecule has 1 saturated carbocycles. The van der Waals surface area contributed by atoms with Crippen molar-refractivity contribution < 1.29 is 4.74 Å². The minimum absolute atomic E-state index is 0.406. The number of hydrogen-bond acceptors (Lipinski definition) is 2. The van der Waals surface area contributed by atoms with Crippen molar-refractivity contribution in [1.29, 1.82) is 0 Å². The zero-order chi connectivity index (χ0) is 14.0. The molecular weight excluding hydrogens is 302 g/mol. The summed E-state index contributed by atoms with van der Waals surface area (Å²) < 4.78 is 6.86. The van der Waals surface area contributed by atoms with E-state index in [1.165, 1.54) is 40.4 Å². The molecule has 1 fully saturated rings. The van der Waals surface area contributed by atoms with E-state index in [9.17, 15) is 0 Å². The molecule has 2 rings (SSSR count). The normalized spacial score (nSPS) is 16.5. The number of methoxy groups -OCH3 is 1. The molecule has 0 spiro atoms. The number of aryl methyl sites for hydroxylation is 1. The first-order chi connectivity index (χ1) is 9.08. The third kappa shape index (κ3) is 3.32. The van der Waals surface area contributed by atoms with Gasteiger partial charge in [0.15, 0.2) is 0 Å². The maximum Gasteiger partial charge on any atom is 0.126 e. The zero-order valence-electron chi connectivity index (χ0n) is 12.3. The molecule has 1 aromatic carbocycles. The summed E-state index contributed by atoms with van der Waals surface area (Å²) >= 11 is 3.68. The van der Waals surface area contributed by atoms with E-state index in [4.69, 9.17) is 4.74 Å². The largest absolute Gasteiger partial charge is 0.496 e. The number of ether oxygens (including phenoxy) is 1. The van der Waals surface area contributed by atoms with E-state index < -0.39 is 0 Å². The summed E-state index contributed by atoms with van der Waals surface area (Å²) in [4.78, 5) is 0. The fourth-order valence-corrected chi connectivity index (χ4v) is 3.36. The maximum absolute atomic E-state index is 5.68. The van der Waals surface area contributed by atoms with Crippen molar-refractivity contribution in [1.82, 2.24) is 5.32 Å². The molecule has 0 aliphatic heterocycles. The lowest BCUT2D eigenvalue weighted by molar-refractivity contribution is 0.389. The molecule has 3 heteroatoms. The van der Waals surface area contributed by atoms with Crippen molar-refractivity contribution in [3.8, 4) is 5.75 Å². The van der Waals surface area contributed by atoms with E-state index in [2.05, 4.69) is 48.1 Å². The van der Waals surface area contributed by atoms with E-state index in [0.717, 1.165) is 18.2 Å². The minimum atomic E-state index is 0.406. The highest BCUT2D eigenvalue weighted by Crippen LogP contribution is 2.43. The smallest absolute Gasteiger partial charge is 0.126 e. The zero-order valence-corrected chi connectivity index (χ0v) is 13.9. The fraction of sp³-hybridized carbons (Fsp3) is 0.625. The molecule has 19 heavy (non-hydrogen) atoms. The van der Waals surface area contributed by atoms with Crippen LogP contribution in [-0.4, -0.2) is 13.7 Å². The van der Waals surface area contributed by atoms with Crippen LogP contribution in [0, 0.1) is 19.8 Å². The molecule has 1 aromatic rings. The Bertz CT molecular complexity index is 455. The van der Waals surface area contributed by atoms with Crippen LogP contribution in [0.1, 0.15) is 48.9 Å². The van der Waals surface area contributed by atoms with Crippen LogP contribution in [0.2, 0.25) is 0 Å². The van der Waals surface area contributed by atoms with Crippen molar-refractivity contribution in [3.63, 3.8) is 0 Å². The van der Waals surface area contributed by atoms with E-state index in [0.29, 0.717) is 6.04 Å². The standard InChI is InChI=1S/C16H24BrNO/c1-5-18-14(9-12-6-7-12)15-11(3)13(17)8-10(2)16(15)19-4/h8,12,14,18H,5-7,9H2,1-4H3. The maximum atomic E-state index is 5.68. The Labute approximate surface area is 125 Å². The van der Waals surface area contributed by atoms with Crippen molar-refractivity contribution in [2.45, 2.75) is 46.1 Å². The molecule has 0 bridgehead atoms. The predicted octanol–water partition coefficient (Wildman–Crippen LogP) is 4.53. The summed E-state index contributed by atoms with van der Waals surface area (Å²) in [6.07, 6.45) is 3.99. The van der Waals surface area contributed by atoms with Crippen molar-refractivity contribution >= 4 is 15.9 Å². The first-order valence-electron chi connectivity index (χ1n) is 7.15. The lowest BCUT2D eigenvalue weighted by Gasteiger charge is -2.25. The van der Waals surface area contributed by atoms with Gasteiger partial charge in [0.2, 0.25) is 0 Å². The predicted molar refractivity (Wildman–Crippen MR) is 83.9 cm³/mol. The highest BCUT2D eigenvalue weighted by Gasteiger charge is 2.29. The lowest BCUT2D eigenvalue weighted by Crippen LogP contribution is -2.23. The van der Waals surface area contributed by atoms with E-state index in [-0.39, 0.29) is 0 Å². The molecule has 0 heterocycles. The summed E-state index contributed by atoms with van der Waals surface area (Å²) in [5.41, 5.74) is 3.84. The number of hydrogen-bond donors (Lipinski definition) is 1. The van der Waals surface area contributed by atoms with E-state index in [1.807, 2.05) is 0 Å². The average Bonchev–Trinajstić information content (AvgIpc) is 3.17. The van der Waals surface area contributed by atoms with Crippen molar-refractivity contribution in [2.24, 2.45) is 5.92 Å². The summed E-state index contributed by atoms with van der Waals surface area (Å²) in [6.45, 7) is 7.46. The average molecular weight is 326 g/mol. The van der Waals surface area contributed by atoms with Gasteiger partial charge in [0.1, 0.15) is 5.75 Å². The Morgan fingerprint density at radius 2 is 2.11 bits per heavy atom. The number of nitrogens with one attached hydrogen (secondary N) is 1. The first-order valence-corrected chi connectivity index (χ1v) is 7.94. The lowest BCUT2D eigenvalue weighted by atomic mass is 9.93. The Kier molecular flexibility index (Phi) is 4.91. The van der Waals surface area contributed by atoms with Crippen LogP contribution in [0.3, 0.4) is 0 Å². The van der Waals surface area contributed by atoms with Gasteiger partial charge in [-0.3, -0.25) is 0 Å². The van der Waals surface area contributed by atoms with Crippen LogP contribution in [0.15, 0.2) is 10.5 Å². The Morgan fingerprint density at radius 3 is 2.63 bits per heavy atom. The second-order valence-electron chi connectivity index (χ2n) is 5.54. The third-order valence-electron chi connectivity index (χ3n) is 3.98. The summed E-state index contributed by atoms with van der Waals surface area (Å²) in [6, 6.07) is 2.56. The van der Waals surface area contributed by atoms with Crippen LogP contribution in [-0.2, 0) is 0 Å². The van der Waals surface area contributed by atoms with Gasteiger partial charge in [0, 0.05) is 16.1 Å². The van der Waals surface area contributed by atoms with Crippen molar-refractivity contribution in [2.75, 3.05) is 13.7 Å². The fourth-order valence-electron chi connectivity index (χ4n) is 2.80. The molecule has 1 aliphatic rings. The highest BCUT2D eigenvalue weighted by molar-refractivity contribution is 9.10. The van der Waals surface area contributed by atoms with Crippen molar-refractivity contribution in [3.05, 3.63) is 27.2 Å². The highest BCUT2D eigenvalue weighted by atomic mass is 79.9. The molecule has 0 amide bonds. The molecule has 2 nitrogen and oxygen atoms in total. The SMILES string of the molecule is CCNC(CC1CC1)c1c(C)c(Br)cc(C)c1OC. The van der Waals surface area contributed by atoms with Gasteiger partial charge in [0.05, 0.1) is 7.11 Å². The monoisotopic (exact) mass is 325 g/mol. The molecule has 1 aliphatic carbocycles. The van der Waals surface area contributed by atoms with Crippen LogP contribution in [0.5, 0.6) is 5.75 Å². The quantitative estimate of drug-likeness (QED) is 0.829. The molecular formula is C16H24BrNO. The molecule has 1 atom stereocenters. The first kappa shape index (κ1) is 14.9. The van der Waals surface area contributed by atoms with Crippen LogP contribution >= 0.6 is 15.9 Å². The van der Waals surface area contributed by atoms with Crippen LogP contribution in [0.4, 0.5) is 0 Å². The molecule has 0 saturated heterocycles. The van der Waals surface area contributed by atoms with Gasteiger partial charge < -0.3 is 10.1 Å². The van der Waals surface area contributed by atoms with Gasteiger partial charge in [-0.1, -0.05) is 35.7 Å². The number of benzene rings is 1. The molecule has 0 aromatic heterocycles. The Morgan fingerprint density at radius 1 is 1.42 bits per heavy atom. The summed E-state index contributed by atoms with van der Waals surface area (Å²) in [5, 5.41) is 3.64.